The van der Waals surface area contributed by atoms with Crippen molar-refractivity contribution in [2.75, 3.05) is 17.2 Å². The maximum absolute atomic E-state index is 13.1. The number of benzene rings is 2. The van der Waals surface area contributed by atoms with E-state index in [-0.39, 0.29) is 17.4 Å². The number of halogens is 2. The molecule has 0 aromatic heterocycles. The molecule has 8 heteroatoms. The van der Waals surface area contributed by atoms with E-state index in [1.54, 1.807) is 25.1 Å². The number of rotatable bonds is 6. The number of alkyl halides is 2. The lowest BCUT2D eigenvalue weighted by molar-refractivity contribution is -0.286. The Morgan fingerprint density at radius 1 is 1.19 bits per heavy atom. The van der Waals surface area contributed by atoms with Crippen LogP contribution in [-0.2, 0) is 4.79 Å². The number of nitrogens with one attached hydrogen (secondary N) is 2. The highest BCUT2D eigenvalue weighted by Gasteiger charge is 2.43. The Hall–Kier alpha value is -3.03. The number of hydrogen-bond acceptors (Lipinski definition) is 5. The van der Waals surface area contributed by atoms with E-state index in [1.165, 1.54) is 18.2 Å². The summed E-state index contributed by atoms with van der Waals surface area (Å²) in [5, 5.41) is 5.72. The van der Waals surface area contributed by atoms with E-state index in [0.717, 1.165) is 0 Å². The van der Waals surface area contributed by atoms with E-state index in [0.29, 0.717) is 23.7 Å². The van der Waals surface area contributed by atoms with E-state index in [4.69, 9.17) is 4.74 Å². The van der Waals surface area contributed by atoms with E-state index < -0.39 is 12.3 Å². The molecule has 1 aliphatic heterocycles. The average molecular weight is 364 g/mol. The van der Waals surface area contributed by atoms with Crippen LogP contribution in [0.15, 0.2) is 42.5 Å². The van der Waals surface area contributed by atoms with Crippen LogP contribution in [-0.4, -0.2) is 24.9 Å². The van der Waals surface area contributed by atoms with Crippen LogP contribution < -0.4 is 24.8 Å². The minimum atomic E-state index is -3.67. The quantitative estimate of drug-likeness (QED) is 0.815. The zero-order chi connectivity index (χ0) is 18.7. The van der Waals surface area contributed by atoms with Crippen molar-refractivity contribution in [1.82, 2.24) is 0 Å². The number of para-hydroxylation sites is 2. The molecule has 1 amide bonds. The van der Waals surface area contributed by atoms with Gasteiger partial charge in [0, 0.05) is 11.8 Å². The second-order valence-electron chi connectivity index (χ2n) is 5.61. The first kappa shape index (κ1) is 17.8. The van der Waals surface area contributed by atoms with Gasteiger partial charge >= 0.3 is 6.29 Å². The predicted octanol–water partition coefficient (Wildman–Crippen LogP) is 3.85. The molecule has 1 aliphatic rings. The summed E-state index contributed by atoms with van der Waals surface area (Å²) in [6, 6.07) is 10.7. The van der Waals surface area contributed by atoms with E-state index in [1.807, 2.05) is 13.0 Å². The first-order valence-electron chi connectivity index (χ1n) is 8.07. The van der Waals surface area contributed by atoms with Gasteiger partial charge < -0.3 is 24.8 Å². The molecule has 0 aliphatic carbocycles. The number of ether oxygens (including phenoxy) is 3. The normalized spacial score (nSPS) is 15.2. The summed E-state index contributed by atoms with van der Waals surface area (Å²) >= 11 is 0. The Bertz CT molecular complexity index is 814. The topological polar surface area (TPSA) is 68.8 Å². The van der Waals surface area contributed by atoms with Gasteiger partial charge in [-0.25, -0.2) is 0 Å². The molecular formula is C18H18F2N2O4. The van der Waals surface area contributed by atoms with Gasteiger partial charge in [0.05, 0.1) is 12.3 Å². The number of hydrogen-bond donors (Lipinski definition) is 2. The molecular weight excluding hydrogens is 346 g/mol. The second-order valence-corrected chi connectivity index (χ2v) is 5.61. The monoisotopic (exact) mass is 364 g/mol. The maximum atomic E-state index is 13.1. The molecule has 0 fully saturated rings. The highest BCUT2D eigenvalue weighted by Crippen LogP contribution is 2.42. The molecule has 26 heavy (non-hydrogen) atoms. The molecule has 1 heterocycles. The van der Waals surface area contributed by atoms with Crippen molar-refractivity contribution >= 4 is 17.3 Å². The first-order chi connectivity index (χ1) is 12.4. The van der Waals surface area contributed by atoms with Crippen LogP contribution in [0.3, 0.4) is 0 Å². The highest BCUT2D eigenvalue weighted by atomic mass is 19.3. The molecule has 2 N–H and O–H groups in total. The molecule has 0 spiro atoms. The summed E-state index contributed by atoms with van der Waals surface area (Å²) in [5.74, 6) is 0.124. The summed E-state index contributed by atoms with van der Waals surface area (Å²) in [6.45, 7) is 3.98. The Labute approximate surface area is 149 Å². The van der Waals surface area contributed by atoms with Gasteiger partial charge in [0.15, 0.2) is 11.5 Å². The van der Waals surface area contributed by atoms with Crippen molar-refractivity contribution in [3.63, 3.8) is 0 Å². The Morgan fingerprint density at radius 2 is 1.92 bits per heavy atom. The fraction of sp³-hybridized carbons (Fsp3) is 0.278. The lowest BCUT2D eigenvalue weighted by Gasteiger charge is -2.17. The smallest absolute Gasteiger partial charge is 0.492 e. The molecule has 3 rings (SSSR count). The van der Waals surface area contributed by atoms with Gasteiger partial charge in [0.25, 0.3) is 0 Å². The minimum Gasteiger partial charge on any atom is -0.492 e. The number of fused-ring (bicyclic) bond motifs is 1. The van der Waals surface area contributed by atoms with Gasteiger partial charge in [-0.15, -0.1) is 8.78 Å². The summed E-state index contributed by atoms with van der Waals surface area (Å²) < 4.78 is 40.3. The molecule has 2 aromatic rings. The molecule has 0 saturated heterocycles. The van der Waals surface area contributed by atoms with Crippen molar-refractivity contribution < 1.29 is 27.8 Å². The number of carbonyl (C=O) groups excluding carboxylic acids is 1. The number of anilines is 2. The number of carbonyl (C=O) groups is 1. The molecule has 1 atom stereocenters. The summed E-state index contributed by atoms with van der Waals surface area (Å²) in [6.07, 6.45) is -3.67. The van der Waals surface area contributed by atoms with Crippen molar-refractivity contribution in [3.8, 4) is 17.2 Å². The largest absolute Gasteiger partial charge is 0.586 e. The van der Waals surface area contributed by atoms with Crippen LogP contribution in [0.4, 0.5) is 20.2 Å². The lowest BCUT2D eigenvalue weighted by Crippen LogP contribution is -2.32. The highest BCUT2D eigenvalue weighted by molar-refractivity contribution is 5.97. The predicted molar refractivity (Wildman–Crippen MR) is 92.0 cm³/mol. The zero-order valence-electron chi connectivity index (χ0n) is 14.2. The summed E-state index contributed by atoms with van der Waals surface area (Å²) in [7, 11) is 0. The number of amides is 1. The van der Waals surface area contributed by atoms with Crippen molar-refractivity contribution in [1.29, 1.82) is 0 Å². The summed E-state index contributed by atoms with van der Waals surface area (Å²) in [4.78, 5) is 12.4. The lowest BCUT2D eigenvalue weighted by atomic mass is 10.2. The van der Waals surface area contributed by atoms with Gasteiger partial charge in [0.1, 0.15) is 11.8 Å². The van der Waals surface area contributed by atoms with Crippen LogP contribution in [0.2, 0.25) is 0 Å². The van der Waals surface area contributed by atoms with Gasteiger partial charge in [-0.2, -0.15) is 0 Å². The van der Waals surface area contributed by atoms with Crippen LogP contribution in [0.25, 0.3) is 0 Å². The molecule has 138 valence electrons. The third kappa shape index (κ3) is 3.96. The van der Waals surface area contributed by atoms with Crippen LogP contribution in [0, 0.1) is 0 Å². The molecule has 0 bridgehead atoms. The van der Waals surface area contributed by atoms with Gasteiger partial charge in [-0.05, 0) is 38.1 Å². The Balaban J connectivity index is 1.66. The average Bonchev–Trinajstić information content (AvgIpc) is 2.90. The fourth-order valence-electron chi connectivity index (χ4n) is 2.45. The molecule has 2 aromatic carbocycles. The third-order valence-electron chi connectivity index (χ3n) is 3.62. The standard InChI is InChI=1S/C18H18F2N2O4/c1-3-24-14-7-5-4-6-13(14)22-17(23)11(2)21-12-8-9-15-16(10-12)26-18(19,20)25-15/h4-11,21H,3H2,1-2H3,(H,22,23)/t11-/m1/s1. The van der Waals surface area contributed by atoms with Gasteiger partial charge in [-0.3, -0.25) is 4.79 Å². The first-order valence-corrected chi connectivity index (χ1v) is 8.07. The van der Waals surface area contributed by atoms with Crippen molar-refractivity contribution in [3.05, 3.63) is 42.5 Å². The minimum absolute atomic E-state index is 0.0525. The molecule has 0 radical (unpaired) electrons. The summed E-state index contributed by atoms with van der Waals surface area (Å²) in [5.41, 5.74) is 1.00. The second kappa shape index (κ2) is 7.07. The Kier molecular flexibility index (Phi) is 4.83. The van der Waals surface area contributed by atoms with E-state index >= 15 is 0 Å². The van der Waals surface area contributed by atoms with E-state index in [2.05, 4.69) is 20.1 Å². The molecule has 0 unspecified atom stereocenters. The van der Waals surface area contributed by atoms with Crippen molar-refractivity contribution in [2.45, 2.75) is 26.2 Å². The van der Waals surface area contributed by atoms with Crippen molar-refractivity contribution in [2.24, 2.45) is 0 Å². The van der Waals surface area contributed by atoms with Crippen LogP contribution in [0.1, 0.15) is 13.8 Å². The van der Waals surface area contributed by atoms with Crippen LogP contribution in [0.5, 0.6) is 17.2 Å². The van der Waals surface area contributed by atoms with Gasteiger partial charge in [-0.1, -0.05) is 12.1 Å². The fourth-order valence-corrected chi connectivity index (χ4v) is 2.45. The van der Waals surface area contributed by atoms with Gasteiger partial charge in [0.2, 0.25) is 5.91 Å². The van der Waals surface area contributed by atoms with Crippen LogP contribution >= 0.6 is 0 Å². The SMILES string of the molecule is CCOc1ccccc1NC(=O)[C@@H](C)Nc1ccc2c(c1)OC(F)(F)O2. The Morgan fingerprint density at radius 3 is 2.69 bits per heavy atom. The molecule has 0 saturated carbocycles. The third-order valence-corrected chi connectivity index (χ3v) is 3.62. The zero-order valence-corrected chi connectivity index (χ0v) is 14.2. The van der Waals surface area contributed by atoms with E-state index in [9.17, 15) is 13.6 Å². The maximum Gasteiger partial charge on any atom is 0.586 e. The molecule has 6 nitrogen and oxygen atoms in total.